The molecule has 1 amide bonds. The zero-order chi connectivity index (χ0) is 22.3. The van der Waals surface area contributed by atoms with E-state index >= 15 is 0 Å². The highest BCUT2D eigenvalue weighted by atomic mass is 16.5. The van der Waals surface area contributed by atoms with Gasteiger partial charge >= 0.3 is 0 Å². The molecular formula is C26H31N3O3. The average molecular weight is 434 g/mol. The summed E-state index contributed by atoms with van der Waals surface area (Å²) in [5.41, 5.74) is 3.69. The molecule has 0 N–H and O–H groups in total. The van der Waals surface area contributed by atoms with E-state index < -0.39 is 0 Å². The molecule has 1 heterocycles. The number of fused-ring (bicyclic) bond motifs is 1. The largest absolute Gasteiger partial charge is 0.497 e. The number of ether oxygens (including phenoxy) is 1. The Bertz CT molecular complexity index is 1030. The Kier molecular flexibility index (Phi) is 7.20. The molecule has 0 bridgehead atoms. The fourth-order valence-electron chi connectivity index (χ4n) is 4.44. The Labute approximate surface area is 189 Å². The van der Waals surface area contributed by atoms with Crippen LogP contribution in [0.15, 0.2) is 53.1 Å². The van der Waals surface area contributed by atoms with E-state index in [1.165, 1.54) is 11.1 Å². The van der Waals surface area contributed by atoms with E-state index in [1.807, 2.05) is 24.3 Å². The smallest absolute Gasteiger partial charge is 0.226 e. The minimum absolute atomic E-state index is 0.228. The third kappa shape index (κ3) is 5.18. The lowest BCUT2D eigenvalue weighted by atomic mass is 9.87. The van der Waals surface area contributed by atoms with Crippen LogP contribution in [0.5, 0.6) is 5.75 Å². The minimum Gasteiger partial charge on any atom is -0.497 e. The first-order valence-electron chi connectivity index (χ1n) is 11.5. The standard InChI is InChI=1S/C26H31N3O3/c1-3-17-29(22-14-11-19-7-4-5-8-21(19)18-22)25(30)10-6-9-24-27-26(28-32-24)20-12-15-23(31-2)16-13-20/h4-5,7-8,12-13,15-16,22H,3,6,9-11,14,17-18H2,1-2H3. The van der Waals surface area contributed by atoms with Gasteiger partial charge in [-0.25, -0.2) is 0 Å². The lowest BCUT2D eigenvalue weighted by Crippen LogP contribution is -2.43. The van der Waals surface area contributed by atoms with Crippen LogP contribution < -0.4 is 4.74 Å². The van der Waals surface area contributed by atoms with Crippen molar-refractivity contribution in [2.24, 2.45) is 0 Å². The maximum absolute atomic E-state index is 13.1. The number of methoxy groups -OCH3 is 1. The SMILES string of the molecule is CCCN(C(=O)CCCc1nc(-c2ccc(OC)cc2)no1)C1CCc2ccccc2C1. The highest BCUT2D eigenvalue weighted by Gasteiger charge is 2.26. The van der Waals surface area contributed by atoms with Gasteiger partial charge in [-0.2, -0.15) is 4.98 Å². The molecule has 1 aromatic heterocycles. The molecule has 2 aromatic carbocycles. The first-order valence-corrected chi connectivity index (χ1v) is 11.5. The van der Waals surface area contributed by atoms with Gasteiger partial charge < -0.3 is 14.2 Å². The maximum atomic E-state index is 13.1. The summed E-state index contributed by atoms with van der Waals surface area (Å²) in [7, 11) is 1.64. The Hall–Kier alpha value is -3.15. The second kappa shape index (κ2) is 10.4. The highest BCUT2D eigenvalue weighted by molar-refractivity contribution is 5.76. The van der Waals surface area contributed by atoms with E-state index in [9.17, 15) is 4.79 Å². The van der Waals surface area contributed by atoms with Crippen molar-refractivity contribution in [2.75, 3.05) is 13.7 Å². The molecule has 0 spiro atoms. The van der Waals surface area contributed by atoms with Crippen molar-refractivity contribution >= 4 is 5.91 Å². The van der Waals surface area contributed by atoms with Crippen molar-refractivity contribution in [1.82, 2.24) is 15.0 Å². The predicted octanol–water partition coefficient (Wildman–Crippen LogP) is 4.86. The van der Waals surface area contributed by atoms with Crippen LogP contribution in [0.2, 0.25) is 0 Å². The summed E-state index contributed by atoms with van der Waals surface area (Å²) in [5, 5.41) is 4.08. The second-order valence-electron chi connectivity index (χ2n) is 8.35. The van der Waals surface area contributed by atoms with E-state index in [0.29, 0.717) is 37.0 Å². The number of hydrogen-bond donors (Lipinski definition) is 0. The normalized spacial score (nSPS) is 15.2. The summed E-state index contributed by atoms with van der Waals surface area (Å²) in [6.45, 7) is 2.95. The van der Waals surface area contributed by atoms with Gasteiger partial charge in [-0.15, -0.1) is 0 Å². The quantitative estimate of drug-likeness (QED) is 0.482. The topological polar surface area (TPSA) is 68.5 Å². The van der Waals surface area contributed by atoms with Gasteiger partial charge in [0.15, 0.2) is 0 Å². The van der Waals surface area contributed by atoms with Crippen LogP contribution >= 0.6 is 0 Å². The molecular weight excluding hydrogens is 402 g/mol. The maximum Gasteiger partial charge on any atom is 0.226 e. The molecule has 0 fully saturated rings. The first-order chi connectivity index (χ1) is 15.7. The van der Waals surface area contributed by atoms with Gasteiger partial charge in [-0.3, -0.25) is 4.79 Å². The van der Waals surface area contributed by atoms with Gasteiger partial charge in [-0.05, 0) is 67.5 Å². The Morgan fingerprint density at radius 3 is 2.69 bits per heavy atom. The monoisotopic (exact) mass is 433 g/mol. The van der Waals surface area contributed by atoms with Crippen molar-refractivity contribution in [2.45, 2.75) is 57.9 Å². The first kappa shape index (κ1) is 22.1. The molecule has 1 aliphatic rings. The van der Waals surface area contributed by atoms with E-state index in [4.69, 9.17) is 9.26 Å². The summed E-state index contributed by atoms with van der Waals surface area (Å²) >= 11 is 0. The Morgan fingerprint density at radius 2 is 1.94 bits per heavy atom. The molecule has 0 radical (unpaired) electrons. The molecule has 0 saturated carbocycles. The lowest BCUT2D eigenvalue weighted by Gasteiger charge is -2.35. The summed E-state index contributed by atoms with van der Waals surface area (Å²) in [6.07, 6.45) is 5.81. The number of rotatable bonds is 9. The number of amides is 1. The van der Waals surface area contributed by atoms with E-state index in [-0.39, 0.29) is 5.91 Å². The summed E-state index contributed by atoms with van der Waals surface area (Å²) in [4.78, 5) is 19.7. The Morgan fingerprint density at radius 1 is 1.16 bits per heavy atom. The van der Waals surface area contributed by atoms with Crippen LogP contribution in [0, 0.1) is 0 Å². The number of benzene rings is 2. The zero-order valence-corrected chi connectivity index (χ0v) is 18.9. The van der Waals surface area contributed by atoms with Crippen LogP contribution in [0.3, 0.4) is 0 Å². The molecule has 0 saturated heterocycles. The van der Waals surface area contributed by atoms with Crippen molar-refractivity contribution in [3.63, 3.8) is 0 Å². The van der Waals surface area contributed by atoms with Crippen LogP contribution in [-0.2, 0) is 24.1 Å². The van der Waals surface area contributed by atoms with Gasteiger partial charge in [0.1, 0.15) is 5.75 Å². The van der Waals surface area contributed by atoms with Gasteiger partial charge in [-0.1, -0.05) is 36.3 Å². The average Bonchev–Trinajstić information content (AvgIpc) is 3.31. The molecule has 32 heavy (non-hydrogen) atoms. The van der Waals surface area contributed by atoms with Crippen LogP contribution in [0.1, 0.15) is 49.6 Å². The van der Waals surface area contributed by atoms with Crippen LogP contribution in [0.4, 0.5) is 0 Å². The molecule has 1 aliphatic carbocycles. The van der Waals surface area contributed by atoms with Crippen LogP contribution in [0.25, 0.3) is 11.4 Å². The van der Waals surface area contributed by atoms with E-state index in [1.54, 1.807) is 7.11 Å². The van der Waals surface area contributed by atoms with Gasteiger partial charge in [0, 0.05) is 31.0 Å². The van der Waals surface area contributed by atoms with E-state index in [2.05, 4.69) is 46.2 Å². The number of aromatic nitrogens is 2. The Balaban J connectivity index is 1.32. The van der Waals surface area contributed by atoms with Crippen molar-refractivity contribution < 1.29 is 14.1 Å². The highest BCUT2D eigenvalue weighted by Crippen LogP contribution is 2.25. The molecule has 168 valence electrons. The molecule has 0 aliphatic heterocycles. The third-order valence-electron chi connectivity index (χ3n) is 6.14. The van der Waals surface area contributed by atoms with Crippen molar-refractivity contribution in [3.8, 4) is 17.1 Å². The minimum atomic E-state index is 0.228. The summed E-state index contributed by atoms with van der Waals surface area (Å²) in [6, 6.07) is 16.5. The van der Waals surface area contributed by atoms with E-state index in [0.717, 1.165) is 43.5 Å². The van der Waals surface area contributed by atoms with Crippen LogP contribution in [-0.4, -0.2) is 40.6 Å². The van der Waals surface area contributed by atoms with Gasteiger partial charge in [0.25, 0.3) is 0 Å². The predicted molar refractivity (Wildman–Crippen MR) is 123 cm³/mol. The molecule has 6 heteroatoms. The molecule has 4 rings (SSSR count). The van der Waals surface area contributed by atoms with Crippen molar-refractivity contribution in [3.05, 3.63) is 65.5 Å². The molecule has 1 unspecified atom stereocenters. The number of aryl methyl sites for hydroxylation is 2. The second-order valence-corrected chi connectivity index (χ2v) is 8.35. The fourth-order valence-corrected chi connectivity index (χ4v) is 4.44. The number of hydrogen-bond acceptors (Lipinski definition) is 5. The number of nitrogens with zero attached hydrogens (tertiary/aromatic N) is 3. The van der Waals surface area contributed by atoms with Gasteiger partial charge in [0.05, 0.1) is 7.11 Å². The molecule has 6 nitrogen and oxygen atoms in total. The van der Waals surface area contributed by atoms with Gasteiger partial charge in [0.2, 0.25) is 17.6 Å². The zero-order valence-electron chi connectivity index (χ0n) is 18.9. The third-order valence-corrected chi connectivity index (χ3v) is 6.14. The molecule has 3 aromatic rings. The molecule has 1 atom stereocenters. The lowest BCUT2D eigenvalue weighted by molar-refractivity contribution is -0.134. The van der Waals surface area contributed by atoms with Crippen molar-refractivity contribution in [1.29, 1.82) is 0 Å². The fraction of sp³-hybridized carbons (Fsp3) is 0.423. The number of carbonyl (C=O) groups is 1. The summed E-state index contributed by atoms with van der Waals surface area (Å²) < 4.78 is 10.6. The number of carbonyl (C=O) groups excluding carboxylic acids is 1. The summed E-state index contributed by atoms with van der Waals surface area (Å²) in [5.74, 6) is 2.14.